The summed E-state index contributed by atoms with van der Waals surface area (Å²) in [7, 11) is -2.96. The maximum absolute atomic E-state index is 12.0. The molecule has 0 spiro atoms. The van der Waals surface area contributed by atoms with Gasteiger partial charge in [-0.3, -0.25) is 4.79 Å². The van der Waals surface area contributed by atoms with E-state index in [-0.39, 0.29) is 23.5 Å². The smallest absolute Gasteiger partial charge is 0.251 e. The summed E-state index contributed by atoms with van der Waals surface area (Å²) in [4.78, 5) is 12.0. The largest absolute Gasteiger partial charge is 0.348 e. The third kappa shape index (κ3) is 3.32. The van der Waals surface area contributed by atoms with Gasteiger partial charge in [-0.05, 0) is 37.1 Å². The van der Waals surface area contributed by atoms with Gasteiger partial charge in [0.2, 0.25) is 0 Å². The van der Waals surface area contributed by atoms with E-state index in [1.807, 2.05) is 13.0 Å². The number of carbonyl (C=O) groups is 1. The molecule has 98 valence electrons. The molecule has 1 N–H and O–H groups in total. The topological polar surface area (TPSA) is 63.2 Å². The summed E-state index contributed by atoms with van der Waals surface area (Å²) in [6, 6.07) is 5.16. The third-order valence-corrected chi connectivity index (χ3v) is 5.10. The Kier molecular flexibility index (Phi) is 3.77. The zero-order valence-corrected chi connectivity index (χ0v) is 12.3. The minimum Gasteiger partial charge on any atom is -0.348 e. The van der Waals surface area contributed by atoms with Crippen molar-refractivity contribution in [2.45, 2.75) is 19.4 Å². The SMILES string of the molecule is Cc1cc(Br)cc(C(=O)NC2CCS(=O)(=O)C2)c1. The van der Waals surface area contributed by atoms with Crippen LogP contribution in [0.4, 0.5) is 0 Å². The number of hydrogen-bond acceptors (Lipinski definition) is 3. The molecule has 0 bridgehead atoms. The molecule has 1 aromatic carbocycles. The number of benzene rings is 1. The van der Waals surface area contributed by atoms with Gasteiger partial charge in [-0.1, -0.05) is 15.9 Å². The maximum Gasteiger partial charge on any atom is 0.251 e. The Morgan fingerprint density at radius 1 is 1.39 bits per heavy atom. The van der Waals surface area contributed by atoms with Crippen molar-refractivity contribution < 1.29 is 13.2 Å². The standard InChI is InChI=1S/C12H14BrNO3S/c1-8-4-9(6-10(13)5-8)12(15)14-11-2-3-18(16,17)7-11/h4-6,11H,2-3,7H2,1H3,(H,14,15). The Morgan fingerprint density at radius 3 is 2.67 bits per heavy atom. The highest BCUT2D eigenvalue weighted by molar-refractivity contribution is 9.10. The lowest BCUT2D eigenvalue weighted by molar-refractivity contribution is 0.0941. The number of aryl methyl sites for hydroxylation is 1. The van der Waals surface area contributed by atoms with Crippen molar-refractivity contribution in [1.29, 1.82) is 0 Å². The van der Waals surface area contributed by atoms with E-state index in [2.05, 4.69) is 21.2 Å². The van der Waals surface area contributed by atoms with Crippen molar-refractivity contribution in [3.63, 3.8) is 0 Å². The van der Waals surface area contributed by atoms with E-state index in [0.717, 1.165) is 10.0 Å². The fourth-order valence-corrected chi connectivity index (χ4v) is 4.33. The molecule has 1 saturated heterocycles. The number of carbonyl (C=O) groups excluding carboxylic acids is 1. The van der Waals surface area contributed by atoms with Crippen LogP contribution in [0.5, 0.6) is 0 Å². The normalized spacial score (nSPS) is 21.8. The molecular weight excluding hydrogens is 318 g/mol. The number of rotatable bonds is 2. The van der Waals surface area contributed by atoms with Crippen LogP contribution in [0.1, 0.15) is 22.3 Å². The summed E-state index contributed by atoms with van der Waals surface area (Å²) in [6.45, 7) is 1.90. The van der Waals surface area contributed by atoms with Crippen molar-refractivity contribution in [3.05, 3.63) is 33.8 Å². The van der Waals surface area contributed by atoms with Crippen molar-refractivity contribution in [1.82, 2.24) is 5.32 Å². The molecule has 18 heavy (non-hydrogen) atoms. The summed E-state index contributed by atoms with van der Waals surface area (Å²) >= 11 is 3.34. The zero-order chi connectivity index (χ0) is 13.3. The van der Waals surface area contributed by atoms with Crippen LogP contribution >= 0.6 is 15.9 Å². The minimum absolute atomic E-state index is 0.0473. The highest BCUT2D eigenvalue weighted by Gasteiger charge is 2.29. The molecule has 1 aliphatic heterocycles. The maximum atomic E-state index is 12.0. The second kappa shape index (κ2) is 5.01. The van der Waals surface area contributed by atoms with Gasteiger partial charge in [-0.2, -0.15) is 0 Å². The highest BCUT2D eigenvalue weighted by Crippen LogP contribution is 2.17. The van der Waals surface area contributed by atoms with E-state index in [4.69, 9.17) is 0 Å². The molecule has 0 saturated carbocycles. The lowest BCUT2D eigenvalue weighted by atomic mass is 10.1. The highest BCUT2D eigenvalue weighted by atomic mass is 79.9. The van der Waals surface area contributed by atoms with Crippen molar-refractivity contribution >= 4 is 31.7 Å². The summed E-state index contributed by atoms with van der Waals surface area (Å²) < 4.78 is 23.5. The summed E-state index contributed by atoms with van der Waals surface area (Å²) in [5.41, 5.74) is 1.53. The minimum atomic E-state index is -2.96. The van der Waals surface area contributed by atoms with Gasteiger partial charge < -0.3 is 5.32 Å². The van der Waals surface area contributed by atoms with Crippen LogP contribution in [0.2, 0.25) is 0 Å². The molecule has 6 heteroatoms. The lowest BCUT2D eigenvalue weighted by Gasteiger charge is -2.11. The number of halogens is 1. The second-order valence-corrected chi connectivity index (χ2v) is 7.74. The molecule has 0 aromatic heterocycles. The lowest BCUT2D eigenvalue weighted by Crippen LogP contribution is -2.35. The second-order valence-electron chi connectivity index (χ2n) is 4.59. The van der Waals surface area contributed by atoms with Crippen molar-refractivity contribution in [3.8, 4) is 0 Å². The summed E-state index contributed by atoms with van der Waals surface area (Å²) in [5.74, 6) is -0.0113. The average Bonchev–Trinajstić information content (AvgIpc) is 2.56. The van der Waals surface area contributed by atoms with Crippen molar-refractivity contribution in [2.24, 2.45) is 0 Å². The summed E-state index contributed by atoms with van der Waals surface area (Å²) in [5, 5.41) is 2.77. The van der Waals surface area contributed by atoms with E-state index in [9.17, 15) is 13.2 Å². The van der Waals surface area contributed by atoms with Crippen LogP contribution < -0.4 is 5.32 Å². The molecular formula is C12H14BrNO3S. The fraction of sp³-hybridized carbons (Fsp3) is 0.417. The number of sulfone groups is 1. The quantitative estimate of drug-likeness (QED) is 0.896. The average molecular weight is 332 g/mol. The Labute approximate surface area is 115 Å². The number of nitrogens with one attached hydrogen (secondary N) is 1. The van der Waals surface area contributed by atoms with Gasteiger partial charge in [0, 0.05) is 16.1 Å². The van der Waals surface area contributed by atoms with Crippen LogP contribution in [-0.2, 0) is 9.84 Å². The van der Waals surface area contributed by atoms with E-state index >= 15 is 0 Å². The molecule has 0 radical (unpaired) electrons. The Morgan fingerprint density at radius 2 is 2.11 bits per heavy atom. The van der Waals surface area contributed by atoms with Crippen LogP contribution in [-0.4, -0.2) is 31.9 Å². The molecule has 1 aliphatic rings. The van der Waals surface area contributed by atoms with Crippen LogP contribution in [0.15, 0.2) is 22.7 Å². The van der Waals surface area contributed by atoms with Crippen molar-refractivity contribution in [2.75, 3.05) is 11.5 Å². The summed E-state index contributed by atoms with van der Waals surface area (Å²) in [6.07, 6.45) is 0.501. The van der Waals surface area contributed by atoms with Gasteiger partial charge in [-0.25, -0.2) is 8.42 Å². The van der Waals surface area contributed by atoms with E-state index in [0.29, 0.717) is 12.0 Å². The third-order valence-electron chi connectivity index (χ3n) is 2.87. The van der Waals surface area contributed by atoms with Gasteiger partial charge in [0.1, 0.15) is 0 Å². The Balaban J connectivity index is 2.08. The van der Waals surface area contributed by atoms with Crippen LogP contribution in [0.3, 0.4) is 0 Å². The monoisotopic (exact) mass is 331 g/mol. The molecule has 1 fully saturated rings. The van der Waals surface area contributed by atoms with Gasteiger partial charge in [0.05, 0.1) is 11.5 Å². The first-order valence-corrected chi connectivity index (χ1v) is 8.26. The molecule has 1 amide bonds. The molecule has 1 atom stereocenters. The molecule has 4 nitrogen and oxygen atoms in total. The van der Waals surface area contributed by atoms with Gasteiger partial charge in [0.15, 0.2) is 9.84 Å². The first-order valence-electron chi connectivity index (χ1n) is 5.64. The predicted octanol–water partition coefficient (Wildman–Crippen LogP) is 1.67. The van der Waals surface area contributed by atoms with Crippen LogP contribution in [0, 0.1) is 6.92 Å². The molecule has 1 heterocycles. The first kappa shape index (κ1) is 13.5. The van der Waals surface area contributed by atoms with E-state index < -0.39 is 9.84 Å². The first-order chi connectivity index (χ1) is 8.35. The number of hydrogen-bond donors (Lipinski definition) is 1. The molecule has 1 aromatic rings. The molecule has 1 unspecified atom stereocenters. The molecule has 2 rings (SSSR count). The van der Waals surface area contributed by atoms with Gasteiger partial charge in [-0.15, -0.1) is 0 Å². The van der Waals surface area contributed by atoms with Crippen LogP contribution in [0.25, 0.3) is 0 Å². The number of amides is 1. The Hall–Kier alpha value is -0.880. The van der Waals surface area contributed by atoms with E-state index in [1.165, 1.54) is 0 Å². The molecule has 0 aliphatic carbocycles. The predicted molar refractivity (Wildman–Crippen MR) is 73.4 cm³/mol. The van der Waals surface area contributed by atoms with E-state index in [1.54, 1.807) is 12.1 Å². The fourth-order valence-electron chi connectivity index (χ4n) is 2.04. The van der Waals surface area contributed by atoms with Gasteiger partial charge in [0.25, 0.3) is 5.91 Å². The van der Waals surface area contributed by atoms with Gasteiger partial charge >= 0.3 is 0 Å². The zero-order valence-electron chi connectivity index (χ0n) is 9.94. The Bertz CT molecular complexity index is 563.